The van der Waals surface area contributed by atoms with Crippen LogP contribution in [0, 0.1) is 0 Å². The van der Waals surface area contributed by atoms with Gasteiger partial charge >= 0.3 is 19.8 Å². The van der Waals surface area contributed by atoms with Gasteiger partial charge in [-0.25, -0.2) is 4.57 Å². The molecule has 0 aromatic carbocycles. The van der Waals surface area contributed by atoms with Crippen LogP contribution in [-0.4, -0.2) is 53.3 Å². The average Bonchev–Trinajstić information content (AvgIpc) is 3.84. The van der Waals surface area contributed by atoms with Crippen molar-refractivity contribution in [1.82, 2.24) is 0 Å². The molecule has 0 aliphatic carbocycles. The predicted molar refractivity (Wildman–Crippen MR) is 202 cm³/mol. The van der Waals surface area contributed by atoms with Crippen molar-refractivity contribution in [2.24, 2.45) is 0 Å². The van der Waals surface area contributed by atoms with Crippen molar-refractivity contribution in [2.75, 3.05) is 13.2 Å². The maximum atomic E-state index is 12.3. The van der Waals surface area contributed by atoms with Gasteiger partial charge in [-0.05, 0) is 51.4 Å². The van der Waals surface area contributed by atoms with E-state index >= 15 is 0 Å². The number of unbranched alkanes of at least 4 members (excludes halogenated alkanes) is 11. The maximum absolute atomic E-state index is 12.3. The molecular weight excluding hydrogens is 655 g/mol. The molecule has 9 nitrogen and oxygen atoms in total. The summed E-state index contributed by atoms with van der Waals surface area (Å²) in [5.74, 6) is -0.990. The molecule has 0 spiro atoms. The lowest BCUT2D eigenvalue weighted by molar-refractivity contribution is -0.161. The molecule has 1 heterocycles. The third-order valence-corrected chi connectivity index (χ3v) is 8.70. The summed E-state index contributed by atoms with van der Waals surface area (Å²) in [6, 6.07) is 0. The molecule has 1 fully saturated rings. The second-order valence-electron chi connectivity index (χ2n) is 12.9. The summed E-state index contributed by atoms with van der Waals surface area (Å²) in [7, 11) is -4.77. The fourth-order valence-electron chi connectivity index (χ4n) is 5.26. The van der Waals surface area contributed by atoms with Crippen LogP contribution in [0.15, 0.2) is 60.8 Å². The van der Waals surface area contributed by atoms with Crippen LogP contribution in [0.3, 0.4) is 0 Å². The number of hydrogen-bond donors (Lipinski definition) is 2. The molecule has 0 radical (unpaired) electrons. The van der Waals surface area contributed by atoms with Crippen molar-refractivity contribution in [3.05, 3.63) is 60.8 Å². The summed E-state index contributed by atoms with van der Waals surface area (Å²) in [5, 5.41) is 0. The second-order valence-corrected chi connectivity index (χ2v) is 14.2. The molecule has 3 atom stereocenters. The molecular formula is C40H67O9P. The van der Waals surface area contributed by atoms with E-state index in [1.54, 1.807) is 0 Å². The number of ether oxygens (including phenoxy) is 3. The summed E-state index contributed by atoms with van der Waals surface area (Å²) >= 11 is 0. The van der Waals surface area contributed by atoms with E-state index in [-0.39, 0.29) is 19.4 Å². The molecule has 1 rings (SSSR count). The predicted octanol–water partition coefficient (Wildman–Crippen LogP) is 10.3. The monoisotopic (exact) mass is 722 g/mol. The molecule has 0 aromatic heterocycles. The zero-order valence-electron chi connectivity index (χ0n) is 31.0. The van der Waals surface area contributed by atoms with Gasteiger partial charge in [0.25, 0.3) is 0 Å². The Morgan fingerprint density at radius 2 is 1.14 bits per heavy atom. The highest BCUT2D eigenvalue weighted by Crippen LogP contribution is 2.36. The first-order valence-electron chi connectivity index (χ1n) is 19.2. The number of carbonyl (C=O) groups is 2. The van der Waals surface area contributed by atoms with Gasteiger partial charge in [-0.1, -0.05) is 145 Å². The van der Waals surface area contributed by atoms with Crippen LogP contribution in [0.25, 0.3) is 0 Å². The van der Waals surface area contributed by atoms with Crippen LogP contribution in [0.5, 0.6) is 0 Å². The summed E-state index contributed by atoms with van der Waals surface area (Å²) in [5.41, 5.74) is 0. The minimum Gasteiger partial charge on any atom is -0.462 e. The molecule has 2 N–H and O–H groups in total. The third kappa shape index (κ3) is 30.5. The Labute approximate surface area is 302 Å². The number of hydrogen-bond acceptors (Lipinski definition) is 7. The van der Waals surface area contributed by atoms with Crippen LogP contribution in [0.1, 0.15) is 149 Å². The number of carbonyl (C=O) groups excluding carboxylic acids is 2. The van der Waals surface area contributed by atoms with Crippen LogP contribution in [0.4, 0.5) is 0 Å². The fourth-order valence-corrected chi connectivity index (χ4v) is 5.62. The van der Waals surface area contributed by atoms with Crippen molar-refractivity contribution in [1.29, 1.82) is 0 Å². The van der Waals surface area contributed by atoms with Crippen LogP contribution >= 0.6 is 7.82 Å². The SMILES string of the molecule is CC/C=C\CC1OC1C/C=C\C/C=C\C/C=C\C/C=C\CCC(=O)O[C@H](COC(=O)CCCCCCCCCCCCCC)COP(=O)(O)O. The molecule has 1 aliphatic heterocycles. The van der Waals surface area contributed by atoms with Gasteiger partial charge in [-0.3, -0.25) is 14.1 Å². The van der Waals surface area contributed by atoms with Crippen LogP contribution < -0.4 is 0 Å². The van der Waals surface area contributed by atoms with E-state index in [0.717, 1.165) is 51.4 Å². The van der Waals surface area contributed by atoms with Gasteiger partial charge in [-0.15, -0.1) is 0 Å². The fraction of sp³-hybridized carbons (Fsp3) is 0.700. The summed E-state index contributed by atoms with van der Waals surface area (Å²) in [6.07, 6.45) is 41.4. The van der Waals surface area contributed by atoms with Gasteiger partial charge in [0.05, 0.1) is 18.8 Å². The molecule has 0 amide bonds. The topological polar surface area (TPSA) is 132 Å². The summed E-state index contributed by atoms with van der Waals surface area (Å²) < 4.78 is 31.9. The lowest BCUT2D eigenvalue weighted by atomic mass is 10.0. The number of epoxide rings is 1. The van der Waals surface area contributed by atoms with E-state index in [9.17, 15) is 14.2 Å². The smallest absolute Gasteiger partial charge is 0.462 e. The largest absolute Gasteiger partial charge is 0.469 e. The maximum Gasteiger partial charge on any atom is 0.469 e. The van der Waals surface area contributed by atoms with Gasteiger partial charge in [0, 0.05) is 12.8 Å². The molecule has 10 heteroatoms. The Bertz CT molecular complexity index is 1060. The zero-order chi connectivity index (χ0) is 36.5. The molecule has 1 saturated heterocycles. The van der Waals surface area contributed by atoms with E-state index < -0.39 is 32.5 Å². The van der Waals surface area contributed by atoms with E-state index in [1.165, 1.54) is 57.8 Å². The molecule has 286 valence electrons. The second kappa shape index (κ2) is 31.4. The molecule has 0 aromatic rings. The molecule has 0 bridgehead atoms. The number of phosphoric ester groups is 1. The first kappa shape index (κ1) is 45.7. The molecule has 0 saturated carbocycles. The highest BCUT2D eigenvalue weighted by molar-refractivity contribution is 7.46. The average molecular weight is 723 g/mol. The number of rotatable bonds is 33. The Hall–Kier alpha value is -2.29. The number of esters is 2. The van der Waals surface area contributed by atoms with Crippen molar-refractivity contribution in [2.45, 2.75) is 167 Å². The van der Waals surface area contributed by atoms with Crippen molar-refractivity contribution < 1.29 is 42.7 Å². The van der Waals surface area contributed by atoms with E-state index in [0.29, 0.717) is 25.0 Å². The van der Waals surface area contributed by atoms with Gasteiger partial charge in [0.1, 0.15) is 6.61 Å². The van der Waals surface area contributed by atoms with E-state index in [1.807, 2.05) is 12.2 Å². The Kier molecular flexibility index (Phi) is 28.8. The van der Waals surface area contributed by atoms with Crippen molar-refractivity contribution in [3.63, 3.8) is 0 Å². The van der Waals surface area contributed by atoms with Crippen molar-refractivity contribution in [3.8, 4) is 0 Å². The lowest BCUT2D eigenvalue weighted by Gasteiger charge is -2.18. The molecule has 1 aliphatic rings. The third-order valence-electron chi connectivity index (χ3n) is 8.22. The van der Waals surface area contributed by atoms with Gasteiger partial charge in [0.15, 0.2) is 6.10 Å². The van der Waals surface area contributed by atoms with Gasteiger partial charge < -0.3 is 24.0 Å². The molecule has 50 heavy (non-hydrogen) atoms. The number of phosphoric acid groups is 1. The van der Waals surface area contributed by atoms with Crippen LogP contribution in [-0.2, 0) is 32.9 Å². The lowest BCUT2D eigenvalue weighted by Crippen LogP contribution is -2.29. The normalized spacial score (nSPS) is 17.2. The summed E-state index contributed by atoms with van der Waals surface area (Å²) in [6.45, 7) is 3.48. The van der Waals surface area contributed by atoms with E-state index in [4.69, 9.17) is 24.0 Å². The first-order chi connectivity index (χ1) is 24.2. The Morgan fingerprint density at radius 1 is 0.640 bits per heavy atom. The highest BCUT2D eigenvalue weighted by atomic mass is 31.2. The van der Waals surface area contributed by atoms with Gasteiger partial charge in [0.2, 0.25) is 0 Å². The first-order valence-corrected chi connectivity index (χ1v) is 20.7. The van der Waals surface area contributed by atoms with E-state index in [2.05, 4.69) is 67.0 Å². The summed E-state index contributed by atoms with van der Waals surface area (Å²) in [4.78, 5) is 42.7. The van der Waals surface area contributed by atoms with Crippen molar-refractivity contribution >= 4 is 19.8 Å². The van der Waals surface area contributed by atoms with Crippen LogP contribution in [0.2, 0.25) is 0 Å². The Morgan fingerprint density at radius 3 is 1.68 bits per heavy atom. The Balaban J connectivity index is 2.15. The molecule has 2 unspecified atom stereocenters. The minimum absolute atomic E-state index is 0.0825. The minimum atomic E-state index is -4.77. The quantitative estimate of drug-likeness (QED) is 0.0223. The highest BCUT2D eigenvalue weighted by Gasteiger charge is 2.35. The van der Waals surface area contributed by atoms with Gasteiger partial charge in [-0.2, -0.15) is 0 Å². The standard InChI is InChI=1S/C40H67O9P/c1-3-5-7-8-9-10-11-15-18-21-24-28-32-39(41)46-34-36(35-47-50(43,44)45)48-40(42)33-29-25-22-19-16-13-12-14-17-20-23-27-31-38-37(49-38)30-26-6-4-2/h6,13-14,16-17,22-23,25-27,36-38H,3-5,7-12,15,18-21,24,28-35H2,1-2H3,(H2,43,44,45)/b16-13-,17-14-,25-22-,26-6-,27-23-/t36-,37?,38?/m1/s1. The number of allylic oxidation sites excluding steroid dienone is 8. The zero-order valence-corrected chi connectivity index (χ0v) is 31.9.